The number of para-hydroxylation sites is 1. The van der Waals surface area contributed by atoms with Crippen LogP contribution in [0.2, 0.25) is 0 Å². The molecule has 1 aromatic carbocycles. The molecule has 0 unspecified atom stereocenters. The monoisotopic (exact) mass is 420 g/mol. The van der Waals surface area contributed by atoms with Crippen molar-refractivity contribution in [3.05, 3.63) is 65.5 Å². The maximum absolute atomic E-state index is 5.90. The molecule has 8 nitrogen and oxygen atoms in total. The quantitative estimate of drug-likeness (QED) is 0.481. The molecule has 0 saturated heterocycles. The van der Waals surface area contributed by atoms with Crippen molar-refractivity contribution in [1.29, 1.82) is 0 Å². The molecule has 5 aromatic rings. The van der Waals surface area contributed by atoms with Gasteiger partial charge in [0, 0.05) is 16.4 Å². The van der Waals surface area contributed by atoms with Gasteiger partial charge in [-0.3, -0.25) is 4.57 Å². The van der Waals surface area contributed by atoms with Crippen LogP contribution in [0.15, 0.2) is 59.7 Å². The third kappa shape index (κ3) is 2.63. The van der Waals surface area contributed by atoms with E-state index in [9.17, 15) is 0 Å². The van der Waals surface area contributed by atoms with Gasteiger partial charge in [-0.1, -0.05) is 18.2 Å². The minimum atomic E-state index is 0.362. The van der Waals surface area contributed by atoms with Crippen molar-refractivity contribution in [1.82, 2.24) is 34.1 Å². The number of nitrogens with two attached hydrogens (primary N) is 1. The zero-order valence-corrected chi connectivity index (χ0v) is 15.6. The molecule has 0 fully saturated rings. The predicted octanol–water partition coefficient (Wildman–Crippen LogP) is 2.95. The summed E-state index contributed by atoms with van der Waals surface area (Å²) in [6.45, 7) is 0.468. The van der Waals surface area contributed by atoms with E-state index in [-0.39, 0.29) is 0 Å². The lowest BCUT2D eigenvalue weighted by atomic mass is 10.3. The predicted molar refractivity (Wildman–Crippen MR) is 105 cm³/mol. The Bertz CT molecular complexity index is 1280. The smallest absolute Gasteiger partial charge is 0.165 e. The van der Waals surface area contributed by atoms with E-state index in [1.807, 2.05) is 45.5 Å². The van der Waals surface area contributed by atoms with E-state index in [0.717, 1.165) is 27.1 Å². The van der Waals surface area contributed by atoms with Crippen molar-refractivity contribution >= 4 is 44.1 Å². The molecule has 0 bridgehead atoms. The van der Waals surface area contributed by atoms with Crippen LogP contribution in [0.3, 0.4) is 0 Å². The fourth-order valence-corrected chi connectivity index (χ4v) is 3.43. The normalized spacial score (nSPS) is 11.4. The van der Waals surface area contributed by atoms with Crippen molar-refractivity contribution in [3.63, 3.8) is 0 Å². The average Bonchev–Trinajstić information content (AvgIpc) is 3.24. The summed E-state index contributed by atoms with van der Waals surface area (Å²) in [5, 5.41) is 0. The van der Waals surface area contributed by atoms with E-state index >= 15 is 0 Å². The number of aromatic nitrogens is 7. The number of hydrogen-bond acceptors (Lipinski definition) is 6. The van der Waals surface area contributed by atoms with Gasteiger partial charge in [-0.05, 0) is 34.1 Å². The number of anilines is 1. The van der Waals surface area contributed by atoms with Crippen LogP contribution in [0.25, 0.3) is 28.0 Å². The Labute approximate surface area is 161 Å². The molecule has 5 rings (SSSR count). The Hall–Kier alpha value is -3.33. The fraction of sp³-hybridized carbons (Fsp3) is 0.0556. The van der Waals surface area contributed by atoms with Crippen LogP contribution >= 0.6 is 15.9 Å². The van der Waals surface area contributed by atoms with E-state index in [1.54, 1.807) is 12.5 Å². The maximum atomic E-state index is 5.90. The van der Waals surface area contributed by atoms with Crippen LogP contribution in [0.1, 0.15) is 5.82 Å². The number of imidazole rings is 2. The highest BCUT2D eigenvalue weighted by Crippen LogP contribution is 2.24. The number of nitrogen functional groups attached to an aromatic ring is 1. The van der Waals surface area contributed by atoms with Gasteiger partial charge in [-0.25, -0.2) is 24.9 Å². The van der Waals surface area contributed by atoms with Crippen molar-refractivity contribution in [2.45, 2.75) is 6.54 Å². The van der Waals surface area contributed by atoms with Crippen LogP contribution in [-0.2, 0) is 6.54 Å². The minimum absolute atomic E-state index is 0.362. The molecule has 0 aliphatic rings. The Kier molecular flexibility index (Phi) is 3.61. The Morgan fingerprint density at radius 3 is 2.70 bits per heavy atom. The summed E-state index contributed by atoms with van der Waals surface area (Å²) in [6.07, 6.45) is 4.91. The fourth-order valence-electron chi connectivity index (χ4n) is 3.11. The van der Waals surface area contributed by atoms with Crippen LogP contribution in [-0.4, -0.2) is 34.1 Å². The first-order valence-corrected chi connectivity index (χ1v) is 8.99. The van der Waals surface area contributed by atoms with Gasteiger partial charge < -0.3 is 10.3 Å². The molecule has 2 N–H and O–H groups in total. The lowest BCUT2D eigenvalue weighted by Crippen LogP contribution is -2.08. The highest BCUT2D eigenvalue weighted by atomic mass is 79.9. The molecule has 132 valence electrons. The Balaban J connectivity index is 1.71. The molecule has 0 saturated carbocycles. The van der Waals surface area contributed by atoms with Gasteiger partial charge in [0.15, 0.2) is 17.1 Å². The first-order valence-electron chi connectivity index (χ1n) is 8.20. The zero-order valence-electron chi connectivity index (χ0n) is 14.0. The van der Waals surface area contributed by atoms with Crippen LogP contribution in [0.4, 0.5) is 5.82 Å². The molecule has 27 heavy (non-hydrogen) atoms. The zero-order chi connectivity index (χ0) is 18.4. The van der Waals surface area contributed by atoms with Gasteiger partial charge in [0.05, 0.1) is 12.9 Å². The van der Waals surface area contributed by atoms with Gasteiger partial charge in [0.1, 0.15) is 23.2 Å². The van der Waals surface area contributed by atoms with Gasteiger partial charge in [-0.15, -0.1) is 0 Å². The molecule has 0 spiro atoms. The second-order valence-electron chi connectivity index (χ2n) is 6.00. The molecule has 0 aliphatic carbocycles. The lowest BCUT2D eigenvalue weighted by Gasteiger charge is -2.09. The lowest BCUT2D eigenvalue weighted by molar-refractivity contribution is 0.744. The SMILES string of the molecule is Nc1ncnc2c1ncn2Cc1nc2cc(Br)cnc2n1-c1ccccc1. The third-order valence-electron chi connectivity index (χ3n) is 4.29. The highest BCUT2D eigenvalue weighted by molar-refractivity contribution is 9.10. The Morgan fingerprint density at radius 1 is 1.00 bits per heavy atom. The summed E-state index contributed by atoms with van der Waals surface area (Å²) in [4.78, 5) is 22.0. The molecule has 9 heteroatoms. The van der Waals surface area contributed by atoms with E-state index < -0.39 is 0 Å². The molecular weight excluding hydrogens is 408 g/mol. The molecular formula is C18H13BrN8. The van der Waals surface area contributed by atoms with E-state index in [1.165, 1.54) is 6.33 Å². The summed E-state index contributed by atoms with van der Waals surface area (Å²) in [5.41, 5.74) is 9.74. The summed E-state index contributed by atoms with van der Waals surface area (Å²) >= 11 is 3.47. The number of nitrogens with zero attached hydrogens (tertiary/aromatic N) is 7. The molecule has 0 atom stereocenters. The third-order valence-corrected chi connectivity index (χ3v) is 4.72. The molecule has 0 amide bonds. The van der Waals surface area contributed by atoms with Crippen LogP contribution in [0.5, 0.6) is 0 Å². The number of rotatable bonds is 3. The van der Waals surface area contributed by atoms with Gasteiger partial charge >= 0.3 is 0 Å². The summed E-state index contributed by atoms with van der Waals surface area (Å²) in [7, 11) is 0. The standard InChI is InChI=1S/C18H13BrN8/c19-11-6-13-17(21-7-11)27(12-4-2-1-3-5-12)14(25-13)8-26-10-24-15-16(20)22-9-23-18(15)26/h1-7,9-10H,8H2,(H2,20,22,23). The average molecular weight is 421 g/mol. The number of hydrogen-bond donors (Lipinski definition) is 1. The highest BCUT2D eigenvalue weighted by Gasteiger charge is 2.16. The Morgan fingerprint density at radius 2 is 1.85 bits per heavy atom. The topological polar surface area (TPSA) is 100 Å². The number of pyridine rings is 1. The summed E-state index contributed by atoms with van der Waals surface area (Å²) in [6, 6.07) is 12.0. The molecule has 4 aromatic heterocycles. The van der Waals surface area contributed by atoms with E-state index in [4.69, 9.17) is 10.7 Å². The number of fused-ring (bicyclic) bond motifs is 2. The first kappa shape index (κ1) is 15.9. The van der Waals surface area contributed by atoms with Crippen molar-refractivity contribution in [2.24, 2.45) is 0 Å². The van der Waals surface area contributed by atoms with Gasteiger partial charge in [0.2, 0.25) is 0 Å². The summed E-state index contributed by atoms with van der Waals surface area (Å²) in [5.74, 6) is 1.18. The minimum Gasteiger partial charge on any atom is -0.382 e. The number of halogens is 1. The molecule has 0 radical (unpaired) electrons. The number of benzene rings is 1. The largest absolute Gasteiger partial charge is 0.382 e. The first-order chi connectivity index (χ1) is 13.2. The van der Waals surface area contributed by atoms with Gasteiger partial charge in [0.25, 0.3) is 0 Å². The van der Waals surface area contributed by atoms with Crippen molar-refractivity contribution < 1.29 is 0 Å². The van der Waals surface area contributed by atoms with E-state index in [2.05, 4.69) is 35.9 Å². The van der Waals surface area contributed by atoms with Crippen LogP contribution in [0, 0.1) is 0 Å². The van der Waals surface area contributed by atoms with Crippen LogP contribution < -0.4 is 5.73 Å². The summed E-state index contributed by atoms with van der Waals surface area (Å²) < 4.78 is 4.83. The second-order valence-corrected chi connectivity index (χ2v) is 6.91. The van der Waals surface area contributed by atoms with Crippen molar-refractivity contribution in [3.8, 4) is 5.69 Å². The molecule has 0 aliphatic heterocycles. The second kappa shape index (κ2) is 6.13. The maximum Gasteiger partial charge on any atom is 0.165 e. The van der Waals surface area contributed by atoms with Crippen molar-refractivity contribution in [2.75, 3.05) is 5.73 Å². The molecule has 4 heterocycles. The van der Waals surface area contributed by atoms with Gasteiger partial charge in [-0.2, -0.15) is 0 Å². The van der Waals surface area contributed by atoms with E-state index in [0.29, 0.717) is 23.5 Å².